The summed E-state index contributed by atoms with van der Waals surface area (Å²) in [6.07, 6.45) is -3.21. The largest absolute Gasteiger partial charge is 0.426 e. The second-order valence-electron chi connectivity index (χ2n) is 7.44. The van der Waals surface area contributed by atoms with Crippen molar-refractivity contribution >= 4 is 28.9 Å². The van der Waals surface area contributed by atoms with Gasteiger partial charge in [-0.15, -0.1) is 10.2 Å². The monoisotopic (exact) mass is 437 g/mol. The lowest BCUT2D eigenvalue weighted by Gasteiger charge is -2.38. The lowest BCUT2D eigenvalue weighted by molar-refractivity contribution is -0.139. The van der Waals surface area contributed by atoms with Crippen LogP contribution in [0, 0.1) is 0 Å². The summed E-state index contributed by atoms with van der Waals surface area (Å²) in [4.78, 5) is 14.6. The van der Waals surface area contributed by atoms with Crippen molar-refractivity contribution in [2.24, 2.45) is 0 Å². The van der Waals surface area contributed by atoms with Crippen LogP contribution in [-0.4, -0.2) is 45.0 Å². The number of halogens is 4. The Hall–Kier alpha value is -2.88. The van der Waals surface area contributed by atoms with Crippen molar-refractivity contribution in [2.75, 3.05) is 18.0 Å². The van der Waals surface area contributed by atoms with Crippen molar-refractivity contribution in [2.45, 2.75) is 30.9 Å². The lowest BCUT2D eigenvalue weighted by atomic mass is 9.74. The van der Waals surface area contributed by atoms with E-state index in [0.29, 0.717) is 37.4 Å². The Labute approximate surface area is 173 Å². The maximum atomic E-state index is 12.7. The fraction of sp³-hybridized carbons (Fsp3) is 0.368. The number of benzene rings is 1. The molecule has 0 unspecified atom stereocenters. The van der Waals surface area contributed by atoms with Gasteiger partial charge in [0, 0.05) is 18.7 Å². The third kappa shape index (κ3) is 2.89. The van der Waals surface area contributed by atoms with E-state index in [1.807, 2.05) is 23.1 Å². The molecular weight excluding hydrogens is 423 g/mol. The highest BCUT2D eigenvalue weighted by Gasteiger charge is 2.50. The zero-order valence-corrected chi connectivity index (χ0v) is 16.2. The van der Waals surface area contributed by atoms with Crippen LogP contribution in [0.1, 0.15) is 24.2 Å². The molecule has 7 nitrogen and oxygen atoms in total. The van der Waals surface area contributed by atoms with Crippen LogP contribution in [0.15, 0.2) is 30.5 Å². The third-order valence-electron chi connectivity index (χ3n) is 5.73. The Morgan fingerprint density at radius 3 is 2.63 bits per heavy atom. The molecule has 3 aromatic rings. The molecule has 2 aliphatic heterocycles. The first kappa shape index (κ1) is 19.1. The van der Waals surface area contributed by atoms with Gasteiger partial charge in [-0.25, -0.2) is 0 Å². The summed E-state index contributed by atoms with van der Waals surface area (Å²) in [5.74, 6) is 0.0175. The molecule has 1 fully saturated rings. The predicted octanol–water partition coefficient (Wildman–Crippen LogP) is 3.34. The van der Waals surface area contributed by atoms with Gasteiger partial charge < -0.3 is 9.64 Å². The van der Waals surface area contributed by atoms with E-state index in [9.17, 15) is 18.0 Å². The molecule has 4 heterocycles. The van der Waals surface area contributed by atoms with Crippen molar-refractivity contribution in [1.29, 1.82) is 0 Å². The van der Waals surface area contributed by atoms with Gasteiger partial charge in [0.1, 0.15) is 22.6 Å². The van der Waals surface area contributed by atoms with Crippen LogP contribution in [0.4, 0.5) is 18.9 Å². The number of ether oxygens (including phenoxy) is 1. The molecule has 1 spiro atoms. The van der Waals surface area contributed by atoms with Gasteiger partial charge in [0.25, 0.3) is 0 Å². The van der Waals surface area contributed by atoms with E-state index < -0.39 is 18.0 Å². The van der Waals surface area contributed by atoms with Crippen molar-refractivity contribution in [3.8, 4) is 5.75 Å². The number of para-hydroxylation sites is 1. The molecular formula is C19H15ClF3N5O2. The molecule has 2 aromatic heterocycles. The van der Waals surface area contributed by atoms with Crippen LogP contribution in [0.25, 0.3) is 5.65 Å². The van der Waals surface area contributed by atoms with E-state index in [0.717, 1.165) is 10.1 Å². The smallest absolute Gasteiger partial charge is 0.396 e. The number of nitrogens with zero attached hydrogens (tertiary/aromatic N) is 5. The van der Waals surface area contributed by atoms with Gasteiger partial charge in [0.15, 0.2) is 11.5 Å². The first-order valence-corrected chi connectivity index (χ1v) is 9.69. The zero-order chi connectivity index (χ0) is 21.1. The molecule has 0 saturated carbocycles. The number of alkyl halides is 3. The number of hydrogen-bond donors (Lipinski definition) is 0. The van der Waals surface area contributed by atoms with E-state index >= 15 is 0 Å². The average Bonchev–Trinajstić information content (AvgIpc) is 3.22. The fourth-order valence-corrected chi connectivity index (χ4v) is 4.51. The number of hydrogen-bond acceptors (Lipinski definition) is 6. The Kier molecular flexibility index (Phi) is 4.18. The number of esters is 1. The molecule has 0 radical (unpaired) electrons. The Morgan fingerprint density at radius 2 is 1.90 bits per heavy atom. The summed E-state index contributed by atoms with van der Waals surface area (Å²) in [5, 5.41) is 11.6. The zero-order valence-electron chi connectivity index (χ0n) is 15.5. The normalized spacial score (nSPS) is 18.1. The minimum absolute atomic E-state index is 0.0688. The van der Waals surface area contributed by atoms with Crippen LogP contribution >= 0.6 is 11.6 Å². The summed E-state index contributed by atoms with van der Waals surface area (Å²) in [6.45, 7) is 1.01. The molecule has 30 heavy (non-hydrogen) atoms. The van der Waals surface area contributed by atoms with Crippen LogP contribution in [-0.2, 0) is 16.6 Å². The lowest BCUT2D eigenvalue weighted by Crippen LogP contribution is -2.46. The number of fused-ring (bicyclic) bond motifs is 3. The van der Waals surface area contributed by atoms with Crippen LogP contribution in [0.5, 0.6) is 5.75 Å². The number of anilines is 1. The molecule has 0 aliphatic carbocycles. The van der Waals surface area contributed by atoms with Gasteiger partial charge in [-0.2, -0.15) is 22.8 Å². The molecule has 0 N–H and O–H groups in total. The van der Waals surface area contributed by atoms with E-state index in [-0.39, 0.29) is 22.5 Å². The summed E-state index contributed by atoms with van der Waals surface area (Å²) in [6, 6.07) is 7.40. The third-order valence-corrected chi connectivity index (χ3v) is 6.10. The minimum atomic E-state index is -4.43. The maximum absolute atomic E-state index is 12.7. The standard InChI is InChI=1S/C19H15ClF3N5O2/c20-15-12(10-24-28-14(9-19(21,22)23)25-26-16(15)28)27-7-5-18(6-8-27)11-3-1-2-4-13(11)30-17(18)29/h1-4,10H,5-9H2. The number of piperidine rings is 1. The van der Waals surface area contributed by atoms with Gasteiger partial charge in [-0.05, 0) is 18.9 Å². The molecule has 0 bridgehead atoms. The van der Waals surface area contributed by atoms with Crippen LogP contribution in [0.3, 0.4) is 0 Å². The van der Waals surface area contributed by atoms with Gasteiger partial charge >= 0.3 is 12.1 Å². The second-order valence-corrected chi connectivity index (χ2v) is 7.82. The molecule has 1 aromatic carbocycles. The van der Waals surface area contributed by atoms with Crippen molar-refractivity contribution in [1.82, 2.24) is 19.8 Å². The molecule has 156 valence electrons. The average molecular weight is 438 g/mol. The number of aromatic nitrogens is 4. The molecule has 11 heteroatoms. The van der Waals surface area contributed by atoms with Crippen molar-refractivity contribution < 1.29 is 22.7 Å². The van der Waals surface area contributed by atoms with E-state index in [1.54, 1.807) is 6.07 Å². The summed E-state index contributed by atoms with van der Waals surface area (Å²) >= 11 is 6.44. The molecule has 2 aliphatic rings. The molecule has 5 rings (SSSR count). The first-order valence-electron chi connectivity index (χ1n) is 9.31. The highest BCUT2D eigenvalue weighted by molar-refractivity contribution is 6.36. The quantitative estimate of drug-likeness (QED) is 0.452. The van der Waals surface area contributed by atoms with E-state index in [4.69, 9.17) is 16.3 Å². The van der Waals surface area contributed by atoms with Gasteiger partial charge in [-0.3, -0.25) is 4.79 Å². The highest BCUT2D eigenvalue weighted by Crippen LogP contribution is 2.47. The number of rotatable bonds is 2. The predicted molar refractivity (Wildman–Crippen MR) is 101 cm³/mol. The molecule has 0 amide bonds. The SMILES string of the molecule is O=C1Oc2ccccc2C12CCN(c1cnn3c(CC(F)(F)F)nnc3c1Cl)CC2. The van der Waals surface area contributed by atoms with Crippen LogP contribution in [0.2, 0.25) is 5.02 Å². The van der Waals surface area contributed by atoms with Gasteiger partial charge in [-0.1, -0.05) is 29.8 Å². The Balaban J connectivity index is 1.42. The van der Waals surface area contributed by atoms with Crippen LogP contribution < -0.4 is 9.64 Å². The minimum Gasteiger partial charge on any atom is -0.426 e. The maximum Gasteiger partial charge on any atom is 0.396 e. The van der Waals surface area contributed by atoms with E-state index in [2.05, 4.69) is 15.3 Å². The topological polar surface area (TPSA) is 72.6 Å². The second kappa shape index (κ2) is 6.56. The van der Waals surface area contributed by atoms with Crippen molar-refractivity contribution in [3.63, 3.8) is 0 Å². The molecule has 0 atom stereocenters. The first-order chi connectivity index (χ1) is 14.3. The Morgan fingerprint density at radius 1 is 1.17 bits per heavy atom. The number of carbonyl (C=O) groups excluding carboxylic acids is 1. The summed E-state index contributed by atoms with van der Waals surface area (Å²) in [7, 11) is 0. The van der Waals surface area contributed by atoms with E-state index in [1.165, 1.54) is 6.20 Å². The highest BCUT2D eigenvalue weighted by atomic mass is 35.5. The molecule has 1 saturated heterocycles. The number of carbonyl (C=O) groups is 1. The van der Waals surface area contributed by atoms with Crippen molar-refractivity contribution in [3.05, 3.63) is 46.9 Å². The van der Waals surface area contributed by atoms with Gasteiger partial charge in [0.05, 0.1) is 11.9 Å². The summed E-state index contributed by atoms with van der Waals surface area (Å²) in [5.41, 5.74) is 0.818. The fourth-order valence-electron chi connectivity index (χ4n) is 4.23. The Bertz CT molecular complexity index is 1150. The van der Waals surface area contributed by atoms with Gasteiger partial charge in [0.2, 0.25) is 0 Å². The summed E-state index contributed by atoms with van der Waals surface area (Å²) < 4.78 is 44.6.